The summed E-state index contributed by atoms with van der Waals surface area (Å²) in [5.41, 5.74) is 6.70. The first-order valence-corrected chi connectivity index (χ1v) is 15.6. The Bertz CT molecular complexity index is 1930. The summed E-state index contributed by atoms with van der Waals surface area (Å²) < 4.78 is 15.4. The molecule has 1 aliphatic heterocycles. The topological polar surface area (TPSA) is 107 Å². The lowest BCUT2D eigenvalue weighted by Gasteiger charge is -2.30. The molecule has 0 bridgehead atoms. The number of carbonyl (C=O) groups excluding carboxylic acids is 1. The van der Waals surface area contributed by atoms with Crippen LogP contribution in [0.4, 0.5) is 17.1 Å². The molecule has 1 aliphatic carbocycles. The van der Waals surface area contributed by atoms with Crippen molar-refractivity contribution in [3.63, 3.8) is 0 Å². The molecule has 11 nitrogen and oxygen atoms in total. The minimum Gasteiger partial charge on any atom is -0.496 e. The predicted octanol–water partition coefficient (Wildman–Crippen LogP) is 4.85. The van der Waals surface area contributed by atoms with Crippen LogP contribution in [-0.4, -0.2) is 83.4 Å². The van der Waals surface area contributed by atoms with E-state index in [1.807, 2.05) is 42.3 Å². The van der Waals surface area contributed by atoms with Gasteiger partial charge in [-0.05, 0) is 37.6 Å². The summed E-state index contributed by atoms with van der Waals surface area (Å²) in [5.74, 6) is 0.224. The Morgan fingerprint density at radius 1 is 0.894 bits per heavy atom. The third-order valence-electron chi connectivity index (χ3n) is 8.29. The summed E-state index contributed by atoms with van der Waals surface area (Å²) in [7, 11) is 13.8. The van der Waals surface area contributed by atoms with E-state index in [-0.39, 0.29) is 18.2 Å². The third kappa shape index (κ3) is 6.65. The van der Waals surface area contributed by atoms with Gasteiger partial charge in [0.1, 0.15) is 31.2 Å². The largest absolute Gasteiger partial charge is 0.496 e. The van der Waals surface area contributed by atoms with Crippen LogP contribution in [-0.2, 0) is 4.79 Å². The Labute approximate surface area is 275 Å². The number of fused-ring (bicyclic) bond motifs is 2. The molecule has 3 aromatic rings. The molecule has 0 saturated heterocycles. The van der Waals surface area contributed by atoms with E-state index in [2.05, 4.69) is 74.7 Å². The number of nitrogens with zero attached hydrogens (tertiary/aromatic N) is 5. The van der Waals surface area contributed by atoms with Gasteiger partial charge in [0.2, 0.25) is 17.1 Å². The standard InChI is InChI=1S/C36H43N5O6/c1-9-40(18-10-11-35(44)47-41-33(42)16-17-34(41)43)29-22-30(45-8)27(21-28(29)39(6)7)36-25-14-12-23(37(2)3)19-31(25)46-32-20-24(38(4)5)13-15-26(32)36/h12-17,19-22H,9-11,18H2,1-8H3,(H-,42,43)/p+1. The summed E-state index contributed by atoms with van der Waals surface area (Å²) >= 11 is 0. The van der Waals surface area contributed by atoms with Crippen LogP contribution in [0.25, 0.3) is 33.4 Å². The summed E-state index contributed by atoms with van der Waals surface area (Å²) in [6.45, 7) is 3.32. The molecule has 2 N–H and O–H groups in total. The van der Waals surface area contributed by atoms with Crippen molar-refractivity contribution < 1.29 is 29.0 Å². The minimum absolute atomic E-state index is 0.0927. The van der Waals surface area contributed by atoms with Gasteiger partial charge >= 0.3 is 5.97 Å². The molecule has 11 heteroatoms. The van der Waals surface area contributed by atoms with Crippen LogP contribution in [0.2, 0.25) is 0 Å². The molecular formula is C36H44N5O6+. The number of ether oxygens (including phenoxy) is 1. The number of rotatable bonds is 11. The van der Waals surface area contributed by atoms with E-state index < -0.39 is 5.97 Å². The van der Waals surface area contributed by atoms with Crippen LogP contribution in [0.1, 0.15) is 19.8 Å². The van der Waals surface area contributed by atoms with Crippen molar-refractivity contribution in [1.29, 1.82) is 0 Å². The van der Waals surface area contributed by atoms with Crippen molar-refractivity contribution in [2.24, 2.45) is 0 Å². The fourth-order valence-corrected chi connectivity index (χ4v) is 5.75. The van der Waals surface area contributed by atoms with Gasteiger partial charge in [-0.3, -0.25) is 0 Å². The van der Waals surface area contributed by atoms with Gasteiger partial charge < -0.3 is 38.9 Å². The number of carbonyl (C=O) groups is 1. The molecular weight excluding hydrogens is 598 g/mol. The Kier molecular flexibility index (Phi) is 9.55. The molecule has 0 atom stereocenters. The van der Waals surface area contributed by atoms with Crippen LogP contribution < -0.4 is 34.2 Å². The normalized spacial score (nSPS) is 11.1. The second-order valence-electron chi connectivity index (χ2n) is 12.1. The number of aromatic hydroxyl groups is 2. The van der Waals surface area contributed by atoms with E-state index >= 15 is 0 Å². The summed E-state index contributed by atoms with van der Waals surface area (Å²) in [6, 6.07) is 19.3. The molecule has 2 aromatic carbocycles. The number of anilines is 3. The van der Waals surface area contributed by atoms with E-state index in [1.54, 1.807) is 7.11 Å². The zero-order valence-electron chi connectivity index (χ0n) is 28.4. The van der Waals surface area contributed by atoms with Crippen LogP contribution in [0.3, 0.4) is 0 Å². The van der Waals surface area contributed by atoms with Gasteiger partial charge in [0.25, 0.3) is 0 Å². The second-order valence-corrected chi connectivity index (χ2v) is 12.1. The Morgan fingerprint density at radius 3 is 2.23 bits per heavy atom. The lowest BCUT2D eigenvalue weighted by molar-refractivity contribution is -0.145. The van der Waals surface area contributed by atoms with Crippen molar-refractivity contribution >= 4 is 34.0 Å². The fraction of sp³-hybridized carbons (Fsp3) is 0.333. The first-order valence-electron chi connectivity index (χ1n) is 15.6. The smallest absolute Gasteiger partial charge is 0.333 e. The van der Waals surface area contributed by atoms with Gasteiger partial charge in [-0.15, -0.1) is 4.73 Å². The maximum atomic E-state index is 12.5. The molecule has 0 spiro atoms. The van der Waals surface area contributed by atoms with Crippen LogP contribution >= 0.6 is 0 Å². The number of methoxy groups -OCH3 is 1. The lowest BCUT2D eigenvalue weighted by atomic mass is 9.92. The van der Waals surface area contributed by atoms with Crippen LogP contribution in [0.15, 0.2) is 65.1 Å². The van der Waals surface area contributed by atoms with Crippen molar-refractivity contribution in [3.05, 3.63) is 66.0 Å². The van der Waals surface area contributed by atoms with Gasteiger partial charge in [-0.25, -0.2) is 9.37 Å². The van der Waals surface area contributed by atoms with Gasteiger partial charge in [-0.2, -0.15) is 0 Å². The zero-order chi connectivity index (χ0) is 34.0. The molecule has 0 radical (unpaired) electrons. The van der Waals surface area contributed by atoms with Gasteiger partial charge in [-0.1, -0.05) is 0 Å². The molecule has 0 saturated carbocycles. The average Bonchev–Trinajstić information content (AvgIpc) is 3.36. The maximum Gasteiger partial charge on any atom is 0.333 e. The molecule has 47 heavy (non-hydrogen) atoms. The molecule has 2 heterocycles. The summed E-state index contributed by atoms with van der Waals surface area (Å²) in [6.07, 6.45) is 0.583. The predicted molar refractivity (Wildman–Crippen MR) is 187 cm³/mol. The molecule has 0 amide bonds. The van der Waals surface area contributed by atoms with Gasteiger partial charge in [0, 0.05) is 106 Å². The highest BCUT2D eigenvalue weighted by Gasteiger charge is 2.24. The highest BCUT2D eigenvalue weighted by molar-refractivity contribution is 6.05. The number of hydrogen-bond donors (Lipinski definition) is 2. The van der Waals surface area contributed by atoms with Crippen LogP contribution in [0, 0.1) is 0 Å². The first-order chi connectivity index (χ1) is 22.4. The van der Waals surface area contributed by atoms with Crippen molar-refractivity contribution in [1.82, 2.24) is 9.31 Å². The van der Waals surface area contributed by atoms with E-state index in [1.165, 1.54) is 12.1 Å². The first kappa shape index (κ1) is 33.1. The van der Waals surface area contributed by atoms with Gasteiger partial charge in [0.15, 0.2) is 0 Å². The average molecular weight is 643 g/mol. The van der Waals surface area contributed by atoms with Crippen molar-refractivity contribution in [2.75, 3.05) is 77.2 Å². The van der Waals surface area contributed by atoms with Crippen LogP contribution in [0.5, 0.6) is 17.5 Å². The summed E-state index contributed by atoms with van der Waals surface area (Å²) in [5, 5.41) is 21.6. The quantitative estimate of drug-likeness (QED) is 0.155. The van der Waals surface area contributed by atoms with Crippen molar-refractivity contribution in [3.8, 4) is 40.0 Å². The maximum absolute atomic E-state index is 12.5. The number of aromatic nitrogens is 1. The highest BCUT2D eigenvalue weighted by atomic mass is 16.7. The third-order valence-corrected chi connectivity index (χ3v) is 8.29. The fourth-order valence-electron chi connectivity index (χ4n) is 5.75. The van der Waals surface area contributed by atoms with Gasteiger partial charge in [0.05, 0.1) is 24.6 Å². The van der Waals surface area contributed by atoms with E-state index in [0.717, 1.165) is 55.8 Å². The number of benzene rings is 3. The minimum atomic E-state index is -0.563. The molecule has 0 fully saturated rings. The molecule has 0 unspecified atom stereocenters. The molecule has 1 aromatic heterocycles. The Morgan fingerprint density at radius 2 is 1.62 bits per heavy atom. The molecule has 248 valence electrons. The Hall–Kier alpha value is -5.32. The SMILES string of the molecule is CCN(CCCC(=O)On1c(O)ccc1O)c1cc(OC)c(-c2c3ccc(=[N+](C)C)cc-3oc3cc(N(C)C)ccc23)cc1N(C)C. The lowest BCUT2D eigenvalue weighted by Crippen LogP contribution is -2.28. The monoisotopic (exact) mass is 642 g/mol. The number of hydrogen-bond acceptors (Lipinski definition) is 9. The molecule has 2 aliphatic rings. The van der Waals surface area contributed by atoms with E-state index in [0.29, 0.717) is 30.0 Å². The Balaban J connectivity index is 1.58. The zero-order valence-corrected chi connectivity index (χ0v) is 28.4. The van der Waals surface area contributed by atoms with Crippen molar-refractivity contribution in [2.45, 2.75) is 19.8 Å². The second kappa shape index (κ2) is 13.6. The summed E-state index contributed by atoms with van der Waals surface area (Å²) in [4.78, 5) is 24.0. The molecule has 5 rings (SSSR count). The highest BCUT2D eigenvalue weighted by Crippen LogP contribution is 2.47. The van der Waals surface area contributed by atoms with E-state index in [4.69, 9.17) is 14.0 Å². The van der Waals surface area contributed by atoms with E-state index in [9.17, 15) is 15.0 Å².